The maximum atomic E-state index is 13.9. The third kappa shape index (κ3) is 8.83. The van der Waals surface area contributed by atoms with E-state index in [9.17, 15) is 9.59 Å². The molecule has 0 amide bonds. The Balaban J connectivity index is 1.57. The van der Waals surface area contributed by atoms with Gasteiger partial charge >= 0.3 is 11.9 Å². The molecule has 0 aromatic rings. The summed E-state index contributed by atoms with van der Waals surface area (Å²) >= 11 is 0. The largest absolute Gasteiger partial charge is 0.462 e. The van der Waals surface area contributed by atoms with Gasteiger partial charge in [0.25, 0.3) is 0 Å². The van der Waals surface area contributed by atoms with Gasteiger partial charge < -0.3 is 28.6 Å². The van der Waals surface area contributed by atoms with Crippen LogP contribution in [0.25, 0.3) is 0 Å². The summed E-state index contributed by atoms with van der Waals surface area (Å²) in [5.41, 5.74) is 0. The highest BCUT2D eigenvalue weighted by Gasteiger charge is 2.47. The summed E-state index contributed by atoms with van der Waals surface area (Å²) in [5, 5.41) is 0. The molecule has 4 aliphatic heterocycles. The lowest BCUT2D eigenvalue weighted by Crippen LogP contribution is -2.45. The van der Waals surface area contributed by atoms with Crippen molar-refractivity contribution >= 4 is 11.9 Å². The van der Waals surface area contributed by atoms with Gasteiger partial charge in [-0.2, -0.15) is 0 Å². The van der Waals surface area contributed by atoms with Gasteiger partial charge in [-0.05, 0) is 92.2 Å². The number of cyclic esters (lactones) is 2. The minimum Gasteiger partial charge on any atom is -0.462 e. The van der Waals surface area contributed by atoms with E-state index in [4.69, 9.17) is 23.7 Å². The predicted molar refractivity (Wildman–Crippen MR) is 176 cm³/mol. The molecule has 14 atom stereocenters. The number of nitrogens with zero attached hydrogens (tertiary/aromatic N) is 1. The van der Waals surface area contributed by atoms with Crippen LogP contribution in [0.4, 0.5) is 0 Å². The summed E-state index contributed by atoms with van der Waals surface area (Å²) in [6, 6.07) is 0.506. The van der Waals surface area contributed by atoms with Crippen LogP contribution in [0.1, 0.15) is 126 Å². The molecular weight excluding hydrogens is 570 g/mol. The summed E-state index contributed by atoms with van der Waals surface area (Å²) in [4.78, 5) is 29.7. The van der Waals surface area contributed by atoms with Gasteiger partial charge in [0.05, 0.1) is 48.5 Å². The van der Waals surface area contributed by atoms with E-state index in [0.717, 1.165) is 77.0 Å². The molecule has 0 saturated carbocycles. The van der Waals surface area contributed by atoms with Crippen LogP contribution in [0.2, 0.25) is 0 Å². The maximum Gasteiger partial charge on any atom is 0.311 e. The van der Waals surface area contributed by atoms with Gasteiger partial charge in [0.15, 0.2) is 0 Å². The Kier molecular flexibility index (Phi) is 13.6. The molecule has 4 rings (SSSR count). The van der Waals surface area contributed by atoms with Crippen LogP contribution >= 0.6 is 0 Å². The third-order valence-corrected chi connectivity index (χ3v) is 11.8. The SMILES string of the molecule is CCC[C@H](C[C@@H]1CC[C@H]([C@@H](CC)[C@@H]2OC(=O)[C@H](C)[C@H]3CC[C@H](O3)[C@H](C)[C@@H](CCC)OC(=O)[C@H](C)[C@H]3CC[C@H](O3)[C@@H]2C)O1)N(C)C. The van der Waals surface area contributed by atoms with Crippen LogP contribution in [0.3, 0.4) is 0 Å². The number of fused-ring (bicyclic) bond motifs is 4. The Morgan fingerprint density at radius 1 is 0.711 bits per heavy atom. The quantitative estimate of drug-likeness (QED) is 0.238. The lowest BCUT2D eigenvalue weighted by Gasteiger charge is -2.38. The van der Waals surface area contributed by atoms with Crippen molar-refractivity contribution in [1.82, 2.24) is 4.90 Å². The second-order valence-corrected chi connectivity index (χ2v) is 15.1. The zero-order chi connectivity index (χ0) is 32.8. The van der Waals surface area contributed by atoms with E-state index in [-0.39, 0.29) is 90.4 Å². The van der Waals surface area contributed by atoms with Crippen molar-refractivity contribution in [3.8, 4) is 0 Å². The molecule has 4 aliphatic rings. The van der Waals surface area contributed by atoms with Gasteiger partial charge in [0, 0.05) is 23.8 Å². The topological polar surface area (TPSA) is 83.5 Å². The molecule has 0 spiro atoms. The van der Waals surface area contributed by atoms with Crippen molar-refractivity contribution in [2.24, 2.45) is 29.6 Å². The van der Waals surface area contributed by atoms with Gasteiger partial charge in [0.1, 0.15) is 12.2 Å². The molecule has 0 aliphatic carbocycles. The first-order valence-electron chi connectivity index (χ1n) is 18.5. The van der Waals surface area contributed by atoms with Gasteiger partial charge in [0.2, 0.25) is 0 Å². The monoisotopic (exact) mass is 635 g/mol. The van der Waals surface area contributed by atoms with Crippen LogP contribution in [-0.2, 0) is 33.3 Å². The molecule has 4 heterocycles. The molecule has 8 heteroatoms. The third-order valence-electron chi connectivity index (χ3n) is 11.8. The highest BCUT2D eigenvalue weighted by Crippen LogP contribution is 2.41. The average Bonchev–Trinajstić information content (AvgIpc) is 3.80. The molecular formula is C37H65NO7. The summed E-state index contributed by atoms with van der Waals surface area (Å²) < 4.78 is 32.8. The highest BCUT2D eigenvalue weighted by atomic mass is 16.6. The molecule has 4 bridgehead atoms. The second-order valence-electron chi connectivity index (χ2n) is 15.1. The smallest absolute Gasteiger partial charge is 0.311 e. The Labute approximate surface area is 274 Å². The Morgan fingerprint density at radius 2 is 1.29 bits per heavy atom. The Hall–Kier alpha value is -1.22. The van der Waals surface area contributed by atoms with Crippen molar-refractivity contribution in [3.63, 3.8) is 0 Å². The van der Waals surface area contributed by atoms with E-state index in [0.29, 0.717) is 6.04 Å². The van der Waals surface area contributed by atoms with E-state index in [2.05, 4.69) is 53.6 Å². The van der Waals surface area contributed by atoms with Crippen molar-refractivity contribution < 1.29 is 33.3 Å². The zero-order valence-corrected chi connectivity index (χ0v) is 29.9. The summed E-state index contributed by atoms with van der Waals surface area (Å²) in [5.74, 6) is -0.996. The minimum absolute atomic E-state index is 0.0328. The number of ether oxygens (including phenoxy) is 5. The molecule has 45 heavy (non-hydrogen) atoms. The Bertz CT molecular complexity index is 944. The van der Waals surface area contributed by atoms with Gasteiger partial charge in [-0.15, -0.1) is 0 Å². The first-order chi connectivity index (χ1) is 21.5. The number of carbonyl (C=O) groups is 2. The molecule has 260 valence electrons. The van der Waals surface area contributed by atoms with Crippen LogP contribution in [0.15, 0.2) is 0 Å². The summed E-state index contributed by atoms with van der Waals surface area (Å²) in [6.07, 6.45) is 10.4. The van der Waals surface area contributed by atoms with Crippen molar-refractivity contribution in [3.05, 3.63) is 0 Å². The molecule has 8 nitrogen and oxygen atoms in total. The molecule has 4 saturated heterocycles. The fourth-order valence-corrected chi connectivity index (χ4v) is 8.59. The van der Waals surface area contributed by atoms with Gasteiger partial charge in [-0.25, -0.2) is 0 Å². The predicted octanol–water partition coefficient (Wildman–Crippen LogP) is 6.96. The summed E-state index contributed by atoms with van der Waals surface area (Å²) in [6.45, 7) is 14.8. The van der Waals surface area contributed by atoms with E-state index in [1.807, 2.05) is 13.8 Å². The first-order valence-corrected chi connectivity index (χ1v) is 18.5. The normalized spacial score (nSPS) is 41.2. The van der Waals surface area contributed by atoms with E-state index in [1.165, 1.54) is 0 Å². The first kappa shape index (κ1) is 36.6. The lowest BCUT2D eigenvalue weighted by molar-refractivity contribution is -0.178. The number of hydrogen-bond donors (Lipinski definition) is 0. The molecule has 0 radical (unpaired) electrons. The van der Waals surface area contributed by atoms with Gasteiger partial charge in [-0.3, -0.25) is 9.59 Å². The van der Waals surface area contributed by atoms with Crippen LogP contribution in [0.5, 0.6) is 0 Å². The molecule has 0 aromatic heterocycles. The Morgan fingerprint density at radius 3 is 1.84 bits per heavy atom. The maximum absolute atomic E-state index is 13.9. The standard InChI is InChI=1S/C37H65NO7/c1-10-13-26(38(8)9)21-27-15-16-34(41-27)28(12-3)35-23(5)31-18-20-32(43-31)24(6)36(39)44-29(14-11-2)22(4)30-17-19-33(42-30)25(7)37(40)45-35/h22-35H,10-21H2,1-9H3/t22-,23+,24-,25-,26-,27+,28-,29-,30+,31+,32-,33-,34-,35-/m1/s1. The lowest BCUT2D eigenvalue weighted by atomic mass is 9.81. The molecule has 0 N–H and O–H groups in total. The minimum atomic E-state index is -0.376. The van der Waals surface area contributed by atoms with E-state index in [1.54, 1.807) is 0 Å². The van der Waals surface area contributed by atoms with Crippen molar-refractivity contribution in [2.75, 3.05) is 14.1 Å². The number of rotatable bonds is 10. The zero-order valence-electron chi connectivity index (χ0n) is 29.9. The number of hydrogen-bond acceptors (Lipinski definition) is 8. The van der Waals surface area contributed by atoms with E-state index >= 15 is 0 Å². The van der Waals surface area contributed by atoms with E-state index < -0.39 is 0 Å². The van der Waals surface area contributed by atoms with Crippen LogP contribution in [-0.4, -0.2) is 85.8 Å². The number of esters is 2. The van der Waals surface area contributed by atoms with Gasteiger partial charge in [-0.1, -0.05) is 47.5 Å². The number of carbonyl (C=O) groups excluding carboxylic acids is 2. The summed E-state index contributed by atoms with van der Waals surface area (Å²) in [7, 11) is 4.33. The highest BCUT2D eigenvalue weighted by molar-refractivity contribution is 5.73. The fraction of sp³-hybridized carbons (Fsp3) is 0.946. The molecule has 0 aromatic carbocycles. The van der Waals surface area contributed by atoms with Crippen molar-refractivity contribution in [2.45, 2.75) is 180 Å². The van der Waals surface area contributed by atoms with Crippen LogP contribution < -0.4 is 0 Å². The molecule has 0 unspecified atom stereocenters. The van der Waals surface area contributed by atoms with Crippen LogP contribution in [0, 0.1) is 29.6 Å². The second kappa shape index (κ2) is 16.7. The average molecular weight is 636 g/mol. The van der Waals surface area contributed by atoms with Crippen molar-refractivity contribution in [1.29, 1.82) is 0 Å². The molecule has 4 fully saturated rings. The fourth-order valence-electron chi connectivity index (χ4n) is 8.59.